The van der Waals surface area contributed by atoms with Crippen LogP contribution in [0.4, 0.5) is 0 Å². The van der Waals surface area contributed by atoms with Crippen molar-refractivity contribution in [2.45, 2.75) is 53.9 Å². The lowest BCUT2D eigenvalue weighted by Crippen LogP contribution is -2.24. The molecule has 0 saturated heterocycles. The minimum Gasteiger partial charge on any atom is -0.358 e. The number of aromatic nitrogens is 1. The number of rotatable bonds is 3. The number of nitrogens with one attached hydrogen (secondary N) is 1. The van der Waals surface area contributed by atoms with Gasteiger partial charge in [0.15, 0.2) is 0 Å². The van der Waals surface area contributed by atoms with Gasteiger partial charge in [-0.05, 0) is 36.1 Å². The van der Waals surface area contributed by atoms with Gasteiger partial charge in [-0.15, -0.1) is 0 Å². The summed E-state index contributed by atoms with van der Waals surface area (Å²) in [5, 5.41) is 2.52. The van der Waals surface area contributed by atoms with Crippen LogP contribution in [0.3, 0.4) is 0 Å². The van der Waals surface area contributed by atoms with Gasteiger partial charge in [0, 0.05) is 11.0 Å². The molecule has 1 aromatic rings. The molecule has 1 N–H and O–H groups in total. The molecule has 0 bridgehead atoms. The van der Waals surface area contributed by atoms with Gasteiger partial charge in [-0.1, -0.05) is 53.3 Å². The van der Waals surface area contributed by atoms with Crippen LogP contribution in [0.5, 0.6) is 0 Å². The zero-order valence-electron chi connectivity index (χ0n) is 12.2. The minimum atomic E-state index is 0.547. The van der Waals surface area contributed by atoms with Crippen molar-refractivity contribution >= 4 is 12.2 Å². The Balaban J connectivity index is 0.00000121. The van der Waals surface area contributed by atoms with Crippen LogP contribution in [-0.2, 0) is 6.42 Å². The number of hydrogen-bond donors (Lipinski definition) is 1. The molecular formula is C16H27N. The van der Waals surface area contributed by atoms with E-state index in [1.54, 1.807) is 0 Å². The molecular weight excluding hydrogens is 206 g/mol. The van der Waals surface area contributed by atoms with Gasteiger partial charge >= 0.3 is 0 Å². The van der Waals surface area contributed by atoms with Gasteiger partial charge in [-0.2, -0.15) is 0 Å². The Bertz CT molecular complexity index is 447. The summed E-state index contributed by atoms with van der Waals surface area (Å²) < 4.78 is 0. The predicted octanol–water partition coefficient (Wildman–Crippen LogP) is 3.49. The summed E-state index contributed by atoms with van der Waals surface area (Å²) in [4.78, 5) is 3.49. The number of aromatic amines is 1. The first-order valence-electron chi connectivity index (χ1n) is 6.65. The summed E-state index contributed by atoms with van der Waals surface area (Å²) in [5.41, 5.74) is 2.80. The first kappa shape index (κ1) is 15.8. The van der Waals surface area contributed by atoms with Crippen LogP contribution >= 0.6 is 0 Å². The molecule has 1 aromatic heterocycles. The molecule has 0 spiro atoms. The Morgan fingerprint density at radius 3 is 2.24 bits per heavy atom. The van der Waals surface area contributed by atoms with Crippen LogP contribution in [-0.4, -0.2) is 4.98 Å². The highest BCUT2D eigenvalue weighted by molar-refractivity contribution is 5.41. The SMILES string of the molecule is C=C/C=c1/[nH]c(C(C)C)c(CC)/c1=C/C.CC. The third kappa shape index (κ3) is 3.62. The zero-order valence-corrected chi connectivity index (χ0v) is 12.2. The second kappa shape index (κ2) is 7.94. The summed E-state index contributed by atoms with van der Waals surface area (Å²) in [6.45, 7) is 16.5. The van der Waals surface area contributed by atoms with Crippen molar-refractivity contribution in [2.75, 3.05) is 0 Å². The van der Waals surface area contributed by atoms with Crippen LogP contribution < -0.4 is 10.6 Å². The molecule has 0 radical (unpaired) electrons. The van der Waals surface area contributed by atoms with E-state index >= 15 is 0 Å². The van der Waals surface area contributed by atoms with E-state index in [2.05, 4.69) is 45.3 Å². The van der Waals surface area contributed by atoms with E-state index in [-0.39, 0.29) is 0 Å². The van der Waals surface area contributed by atoms with Gasteiger partial charge in [0.25, 0.3) is 0 Å². The molecule has 1 heterocycles. The molecule has 0 fully saturated rings. The van der Waals surface area contributed by atoms with Crippen molar-refractivity contribution in [1.82, 2.24) is 4.98 Å². The van der Waals surface area contributed by atoms with Crippen LogP contribution in [0.15, 0.2) is 12.7 Å². The minimum absolute atomic E-state index is 0.547. The molecule has 1 heteroatoms. The van der Waals surface area contributed by atoms with Crippen molar-refractivity contribution in [1.29, 1.82) is 0 Å². The number of hydrogen-bond acceptors (Lipinski definition) is 0. The maximum absolute atomic E-state index is 3.75. The third-order valence-corrected chi connectivity index (χ3v) is 2.71. The first-order chi connectivity index (χ1) is 8.15. The van der Waals surface area contributed by atoms with Crippen LogP contribution in [0.25, 0.3) is 12.2 Å². The Hall–Kier alpha value is -1.24. The van der Waals surface area contributed by atoms with Gasteiger partial charge in [-0.25, -0.2) is 0 Å². The molecule has 0 unspecified atom stereocenters. The lowest BCUT2D eigenvalue weighted by molar-refractivity contribution is 0.811. The maximum Gasteiger partial charge on any atom is 0.0455 e. The summed E-state index contributed by atoms with van der Waals surface area (Å²) in [6.07, 6.45) is 7.13. The maximum atomic E-state index is 3.75. The fourth-order valence-corrected chi connectivity index (χ4v) is 2.05. The highest BCUT2D eigenvalue weighted by Gasteiger charge is 2.09. The van der Waals surface area contributed by atoms with E-state index in [1.165, 1.54) is 21.8 Å². The quantitative estimate of drug-likeness (QED) is 0.822. The van der Waals surface area contributed by atoms with E-state index in [4.69, 9.17) is 0 Å². The largest absolute Gasteiger partial charge is 0.358 e. The lowest BCUT2D eigenvalue weighted by Gasteiger charge is -2.04. The van der Waals surface area contributed by atoms with Gasteiger partial charge in [-0.3, -0.25) is 0 Å². The van der Waals surface area contributed by atoms with Crippen LogP contribution in [0, 0.1) is 0 Å². The lowest BCUT2D eigenvalue weighted by atomic mass is 10.0. The summed E-state index contributed by atoms with van der Waals surface area (Å²) in [6, 6.07) is 0. The van der Waals surface area contributed by atoms with E-state index in [0.29, 0.717) is 5.92 Å². The molecule has 0 aliphatic rings. The van der Waals surface area contributed by atoms with Crippen molar-refractivity contribution < 1.29 is 0 Å². The van der Waals surface area contributed by atoms with Crippen LogP contribution in [0.2, 0.25) is 0 Å². The fraction of sp³-hybridized carbons (Fsp3) is 0.500. The van der Waals surface area contributed by atoms with Crippen LogP contribution in [0.1, 0.15) is 58.7 Å². The van der Waals surface area contributed by atoms with Gasteiger partial charge in [0.1, 0.15) is 0 Å². The highest BCUT2D eigenvalue weighted by atomic mass is 14.7. The second-order valence-electron chi connectivity index (χ2n) is 4.04. The van der Waals surface area contributed by atoms with E-state index < -0.39 is 0 Å². The molecule has 1 nitrogen and oxygen atoms in total. The van der Waals surface area contributed by atoms with Gasteiger partial charge < -0.3 is 4.98 Å². The van der Waals surface area contributed by atoms with E-state index in [9.17, 15) is 0 Å². The topological polar surface area (TPSA) is 15.8 Å². The monoisotopic (exact) mass is 233 g/mol. The number of allylic oxidation sites excluding steroid dienone is 1. The standard InChI is InChI=1S/C14H21N.C2H6/c1-6-9-13-11(7-2)12(8-3)14(15-13)10(4)5;1-2/h6-7,9-10,15H,1,8H2,2-5H3;1-2H3/b11-7-,13-9+;. The van der Waals surface area contributed by atoms with Gasteiger partial charge in [0.05, 0.1) is 0 Å². The summed E-state index contributed by atoms with van der Waals surface area (Å²) in [5.74, 6) is 0.547. The summed E-state index contributed by atoms with van der Waals surface area (Å²) >= 11 is 0. The molecule has 0 amide bonds. The predicted molar refractivity (Wildman–Crippen MR) is 79.7 cm³/mol. The molecule has 1 rings (SSSR count). The van der Waals surface area contributed by atoms with E-state index in [1.807, 2.05) is 26.0 Å². The first-order valence-corrected chi connectivity index (χ1v) is 6.65. The molecule has 96 valence electrons. The molecule has 0 aliphatic carbocycles. The Morgan fingerprint density at radius 2 is 1.88 bits per heavy atom. The molecule has 0 aromatic carbocycles. The third-order valence-electron chi connectivity index (χ3n) is 2.71. The average Bonchev–Trinajstić information content (AvgIpc) is 2.70. The molecule has 17 heavy (non-hydrogen) atoms. The Labute approximate surface area is 106 Å². The average molecular weight is 233 g/mol. The van der Waals surface area contributed by atoms with Crippen molar-refractivity contribution in [3.05, 3.63) is 34.5 Å². The molecule has 0 saturated carbocycles. The zero-order chi connectivity index (χ0) is 13.4. The smallest absolute Gasteiger partial charge is 0.0455 e. The Morgan fingerprint density at radius 1 is 1.29 bits per heavy atom. The normalized spacial score (nSPS) is 12.6. The Kier molecular flexibility index (Phi) is 7.36. The fourth-order valence-electron chi connectivity index (χ4n) is 2.05. The van der Waals surface area contributed by atoms with E-state index in [0.717, 1.165) is 6.42 Å². The van der Waals surface area contributed by atoms with Crippen molar-refractivity contribution in [2.24, 2.45) is 0 Å². The molecule has 0 aliphatic heterocycles. The van der Waals surface area contributed by atoms with Crippen molar-refractivity contribution in [3.63, 3.8) is 0 Å². The highest BCUT2D eigenvalue weighted by Crippen LogP contribution is 2.13. The number of H-pyrrole nitrogens is 1. The van der Waals surface area contributed by atoms with Crippen molar-refractivity contribution in [3.8, 4) is 0 Å². The summed E-state index contributed by atoms with van der Waals surface area (Å²) in [7, 11) is 0. The van der Waals surface area contributed by atoms with Gasteiger partial charge in [0.2, 0.25) is 0 Å². The molecule has 0 atom stereocenters. The second-order valence-corrected chi connectivity index (χ2v) is 4.04.